The molecule has 3 heterocycles. The average Bonchev–Trinajstić information content (AvgIpc) is 2.80. The summed E-state index contributed by atoms with van der Waals surface area (Å²) in [5.41, 5.74) is 2.10. The molecule has 2 aromatic heterocycles. The largest absolute Gasteiger partial charge is 0.497 e. The van der Waals surface area contributed by atoms with E-state index in [1.807, 2.05) is 36.5 Å². The molecule has 29 heavy (non-hydrogen) atoms. The Balaban J connectivity index is 1.40. The molecule has 1 amide bonds. The molecule has 1 aliphatic rings. The lowest BCUT2D eigenvalue weighted by Crippen LogP contribution is -2.46. The Kier molecular flexibility index (Phi) is 5.56. The van der Waals surface area contributed by atoms with Gasteiger partial charge in [0.2, 0.25) is 0 Å². The first-order valence-corrected chi connectivity index (χ1v) is 9.55. The van der Waals surface area contributed by atoms with Crippen LogP contribution in [-0.2, 0) is 0 Å². The fraction of sp³-hybridized carbons (Fsp3) is 0.227. The highest BCUT2D eigenvalue weighted by Gasteiger charge is 2.19. The molecule has 0 saturated carbocycles. The second-order valence-electron chi connectivity index (χ2n) is 6.74. The summed E-state index contributed by atoms with van der Waals surface area (Å²) in [5, 5.41) is 2.88. The first-order chi connectivity index (χ1) is 14.2. The molecule has 1 aliphatic heterocycles. The number of anilines is 3. The van der Waals surface area contributed by atoms with Crippen molar-refractivity contribution in [3.63, 3.8) is 0 Å². The summed E-state index contributed by atoms with van der Waals surface area (Å²) in [6, 6.07) is 17.0. The number of carbonyl (C=O) groups is 1. The minimum absolute atomic E-state index is 0.232. The molecule has 1 N–H and O–H groups in total. The van der Waals surface area contributed by atoms with Crippen molar-refractivity contribution < 1.29 is 9.53 Å². The minimum atomic E-state index is -0.232. The van der Waals surface area contributed by atoms with Gasteiger partial charge in [0.1, 0.15) is 17.3 Å². The minimum Gasteiger partial charge on any atom is -0.497 e. The van der Waals surface area contributed by atoms with Gasteiger partial charge in [-0.25, -0.2) is 4.98 Å². The number of hydrogen-bond acceptors (Lipinski definition) is 6. The SMILES string of the molecule is COc1ccc(NC(=O)c2cc(N3CCN(c4ccccn4)CC3)ccn2)cc1. The number of carbonyl (C=O) groups excluding carboxylic acids is 1. The van der Waals surface area contributed by atoms with Crippen LogP contribution in [0.4, 0.5) is 17.2 Å². The Morgan fingerprint density at radius 2 is 1.69 bits per heavy atom. The highest BCUT2D eigenvalue weighted by molar-refractivity contribution is 6.03. The third-order valence-corrected chi connectivity index (χ3v) is 4.94. The monoisotopic (exact) mass is 389 g/mol. The van der Waals surface area contributed by atoms with E-state index >= 15 is 0 Å². The van der Waals surface area contributed by atoms with Crippen molar-refractivity contribution in [3.05, 3.63) is 72.7 Å². The number of hydrogen-bond donors (Lipinski definition) is 1. The molecule has 1 saturated heterocycles. The van der Waals surface area contributed by atoms with Crippen molar-refractivity contribution in [1.82, 2.24) is 9.97 Å². The Bertz CT molecular complexity index is 954. The van der Waals surface area contributed by atoms with Crippen molar-refractivity contribution >= 4 is 23.1 Å². The third kappa shape index (κ3) is 4.45. The summed E-state index contributed by atoms with van der Waals surface area (Å²) in [5.74, 6) is 1.51. The van der Waals surface area contributed by atoms with Crippen LogP contribution in [0.15, 0.2) is 67.0 Å². The number of piperazine rings is 1. The molecule has 0 bridgehead atoms. The number of nitrogens with zero attached hydrogens (tertiary/aromatic N) is 4. The number of amides is 1. The fourth-order valence-electron chi connectivity index (χ4n) is 3.34. The molecular formula is C22H23N5O2. The Morgan fingerprint density at radius 3 is 2.38 bits per heavy atom. The summed E-state index contributed by atoms with van der Waals surface area (Å²) in [4.78, 5) is 25.8. The Morgan fingerprint density at radius 1 is 0.931 bits per heavy atom. The third-order valence-electron chi connectivity index (χ3n) is 4.94. The predicted octanol–water partition coefficient (Wildman–Crippen LogP) is 3.06. The molecule has 1 fully saturated rings. The molecule has 4 rings (SSSR count). The summed E-state index contributed by atoms with van der Waals surface area (Å²) in [7, 11) is 1.61. The first kappa shape index (κ1) is 18.7. The van der Waals surface area contributed by atoms with Crippen LogP contribution in [0.3, 0.4) is 0 Å². The van der Waals surface area contributed by atoms with Gasteiger partial charge in [-0.15, -0.1) is 0 Å². The van der Waals surface area contributed by atoms with E-state index < -0.39 is 0 Å². The highest BCUT2D eigenvalue weighted by atomic mass is 16.5. The van der Waals surface area contributed by atoms with E-state index in [0.29, 0.717) is 11.4 Å². The van der Waals surface area contributed by atoms with Crippen LogP contribution >= 0.6 is 0 Å². The maximum atomic E-state index is 12.6. The van der Waals surface area contributed by atoms with Crippen LogP contribution in [0.1, 0.15) is 10.5 Å². The van der Waals surface area contributed by atoms with Crippen LogP contribution in [0.5, 0.6) is 5.75 Å². The van der Waals surface area contributed by atoms with Crippen molar-refractivity contribution in [2.75, 3.05) is 48.4 Å². The number of nitrogens with one attached hydrogen (secondary N) is 1. The van der Waals surface area contributed by atoms with E-state index in [1.165, 1.54) is 0 Å². The van der Waals surface area contributed by atoms with Crippen molar-refractivity contribution in [1.29, 1.82) is 0 Å². The molecule has 3 aromatic rings. The summed E-state index contributed by atoms with van der Waals surface area (Å²) < 4.78 is 5.14. The van der Waals surface area contributed by atoms with Gasteiger partial charge < -0.3 is 19.9 Å². The van der Waals surface area contributed by atoms with E-state index in [9.17, 15) is 4.79 Å². The lowest BCUT2D eigenvalue weighted by molar-refractivity contribution is 0.102. The van der Waals surface area contributed by atoms with E-state index in [0.717, 1.165) is 43.4 Å². The first-order valence-electron chi connectivity index (χ1n) is 9.55. The molecule has 0 spiro atoms. The number of pyridine rings is 2. The van der Waals surface area contributed by atoms with E-state index in [1.54, 1.807) is 37.6 Å². The van der Waals surface area contributed by atoms with Crippen LogP contribution in [0.25, 0.3) is 0 Å². The number of rotatable bonds is 5. The lowest BCUT2D eigenvalue weighted by atomic mass is 10.2. The number of ether oxygens (including phenoxy) is 1. The smallest absolute Gasteiger partial charge is 0.274 e. The summed E-state index contributed by atoms with van der Waals surface area (Å²) in [6.07, 6.45) is 3.50. The van der Waals surface area contributed by atoms with Gasteiger partial charge in [-0.2, -0.15) is 0 Å². The van der Waals surface area contributed by atoms with Crippen molar-refractivity contribution in [2.24, 2.45) is 0 Å². The second kappa shape index (κ2) is 8.60. The quantitative estimate of drug-likeness (QED) is 0.723. The maximum Gasteiger partial charge on any atom is 0.274 e. The Hall–Kier alpha value is -3.61. The maximum absolute atomic E-state index is 12.6. The molecule has 0 atom stereocenters. The zero-order valence-corrected chi connectivity index (χ0v) is 16.3. The van der Waals surface area contributed by atoms with Crippen LogP contribution in [-0.4, -0.2) is 49.2 Å². The van der Waals surface area contributed by atoms with Gasteiger partial charge >= 0.3 is 0 Å². The number of benzene rings is 1. The van der Waals surface area contributed by atoms with Gasteiger partial charge in [-0.05, 0) is 48.5 Å². The van der Waals surface area contributed by atoms with Crippen LogP contribution < -0.4 is 19.9 Å². The van der Waals surface area contributed by atoms with E-state index in [-0.39, 0.29) is 5.91 Å². The standard InChI is InChI=1S/C22H23N5O2/c1-29-19-7-5-17(6-8-19)25-22(28)20-16-18(9-11-23-20)26-12-14-27(15-13-26)21-4-2-3-10-24-21/h2-11,16H,12-15H2,1H3,(H,25,28). The van der Waals surface area contributed by atoms with E-state index in [4.69, 9.17) is 4.74 Å². The number of aromatic nitrogens is 2. The van der Waals surface area contributed by atoms with Gasteiger partial charge in [0.25, 0.3) is 5.91 Å². The van der Waals surface area contributed by atoms with Crippen molar-refractivity contribution in [3.8, 4) is 5.75 Å². The van der Waals surface area contributed by atoms with Gasteiger partial charge in [0.15, 0.2) is 0 Å². The predicted molar refractivity (Wildman–Crippen MR) is 114 cm³/mol. The molecule has 7 nitrogen and oxygen atoms in total. The second-order valence-corrected chi connectivity index (χ2v) is 6.74. The molecule has 148 valence electrons. The van der Waals surface area contributed by atoms with Gasteiger partial charge in [-0.3, -0.25) is 9.78 Å². The summed E-state index contributed by atoms with van der Waals surface area (Å²) in [6.45, 7) is 3.49. The topological polar surface area (TPSA) is 70.6 Å². The van der Waals surface area contributed by atoms with Gasteiger partial charge in [0.05, 0.1) is 7.11 Å². The molecular weight excluding hydrogens is 366 g/mol. The molecule has 0 radical (unpaired) electrons. The van der Waals surface area contributed by atoms with E-state index in [2.05, 4.69) is 25.1 Å². The Labute approximate surface area is 170 Å². The highest BCUT2D eigenvalue weighted by Crippen LogP contribution is 2.20. The molecule has 0 unspecified atom stereocenters. The molecule has 0 aliphatic carbocycles. The normalized spacial score (nSPS) is 13.8. The summed E-state index contributed by atoms with van der Waals surface area (Å²) >= 11 is 0. The zero-order chi connectivity index (χ0) is 20.1. The average molecular weight is 389 g/mol. The van der Waals surface area contributed by atoms with Gasteiger partial charge in [-0.1, -0.05) is 6.07 Å². The number of methoxy groups -OCH3 is 1. The molecule has 7 heteroatoms. The zero-order valence-electron chi connectivity index (χ0n) is 16.3. The van der Waals surface area contributed by atoms with Crippen LogP contribution in [0.2, 0.25) is 0 Å². The van der Waals surface area contributed by atoms with Crippen LogP contribution in [0, 0.1) is 0 Å². The van der Waals surface area contributed by atoms with Gasteiger partial charge in [0, 0.05) is 49.9 Å². The fourth-order valence-corrected chi connectivity index (χ4v) is 3.34. The lowest BCUT2D eigenvalue weighted by Gasteiger charge is -2.36. The molecule has 1 aromatic carbocycles. The van der Waals surface area contributed by atoms with Crippen molar-refractivity contribution in [2.45, 2.75) is 0 Å².